The number of carboxylic acids is 1. The lowest BCUT2D eigenvalue weighted by atomic mass is 9.83. The monoisotopic (exact) mass is 478 g/mol. The summed E-state index contributed by atoms with van der Waals surface area (Å²) in [6, 6.07) is 19.6. The fourth-order valence-electron chi connectivity index (χ4n) is 4.73. The minimum Gasteiger partial charge on any atom is -0.481 e. The maximum absolute atomic E-state index is 13.5. The first-order valence-corrected chi connectivity index (χ1v) is 12.1. The summed E-state index contributed by atoms with van der Waals surface area (Å²) >= 11 is 0. The molecule has 7 heteroatoms. The van der Waals surface area contributed by atoms with E-state index in [1.807, 2.05) is 66.9 Å². The van der Waals surface area contributed by atoms with Gasteiger partial charge in [0.15, 0.2) is 5.82 Å². The van der Waals surface area contributed by atoms with Gasteiger partial charge in [0.05, 0.1) is 12.0 Å². The minimum atomic E-state index is -1.01. The number of benzene rings is 2. The van der Waals surface area contributed by atoms with Gasteiger partial charge in [0, 0.05) is 24.0 Å². The maximum Gasteiger partial charge on any atom is 0.313 e. The topological polar surface area (TPSA) is 88.3 Å². The molecule has 6 rings (SSSR count). The van der Waals surface area contributed by atoms with Crippen molar-refractivity contribution < 1.29 is 14.7 Å². The van der Waals surface area contributed by atoms with Crippen LogP contribution in [-0.2, 0) is 16.8 Å². The Morgan fingerprint density at radius 2 is 1.81 bits per heavy atom. The Labute approximate surface area is 209 Å². The van der Waals surface area contributed by atoms with Gasteiger partial charge in [-0.05, 0) is 67.1 Å². The molecule has 3 heterocycles. The van der Waals surface area contributed by atoms with E-state index in [0.717, 1.165) is 41.1 Å². The van der Waals surface area contributed by atoms with Crippen molar-refractivity contribution in [2.24, 2.45) is 0 Å². The molecule has 1 fully saturated rings. The first-order valence-electron chi connectivity index (χ1n) is 12.1. The summed E-state index contributed by atoms with van der Waals surface area (Å²) in [5.74, 6) is 0.457. The first kappa shape index (κ1) is 22.2. The number of nitrogens with zero attached hydrogens (tertiary/aromatic N) is 4. The molecule has 1 aliphatic heterocycles. The molecule has 0 unspecified atom stereocenters. The zero-order valence-electron chi connectivity index (χ0n) is 20.2. The van der Waals surface area contributed by atoms with Crippen LogP contribution >= 0.6 is 0 Å². The molecule has 0 saturated heterocycles. The van der Waals surface area contributed by atoms with Crippen LogP contribution in [0.5, 0.6) is 0 Å². The largest absolute Gasteiger partial charge is 0.481 e. The molecule has 0 bridgehead atoms. The number of hydrogen-bond acceptors (Lipinski definition) is 4. The highest BCUT2D eigenvalue weighted by atomic mass is 16.4. The third-order valence-electron chi connectivity index (χ3n) is 7.22. The van der Waals surface area contributed by atoms with E-state index in [9.17, 15) is 14.7 Å². The Balaban J connectivity index is 1.30. The molecule has 0 radical (unpaired) electrons. The number of fused-ring (bicyclic) bond motifs is 1. The van der Waals surface area contributed by atoms with Crippen molar-refractivity contribution >= 4 is 17.7 Å². The van der Waals surface area contributed by atoms with Crippen molar-refractivity contribution in [1.82, 2.24) is 14.5 Å². The van der Waals surface area contributed by atoms with Gasteiger partial charge in [-0.3, -0.25) is 14.5 Å². The number of carboxylic acid groups (broad SMARTS) is 1. The van der Waals surface area contributed by atoms with E-state index in [0.29, 0.717) is 29.5 Å². The number of amides is 1. The molecule has 1 saturated carbocycles. The Hall–Kier alpha value is -4.26. The second-order valence-electron chi connectivity index (χ2n) is 10.0. The molecule has 2 aromatic carbocycles. The summed E-state index contributed by atoms with van der Waals surface area (Å²) < 4.78 is 2.17. The molecule has 0 spiro atoms. The fourth-order valence-corrected chi connectivity index (χ4v) is 4.73. The Morgan fingerprint density at radius 3 is 2.58 bits per heavy atom. The van der Waals surface area contributed by atoms with Crippen LogP contribution < -0.4 is 4.90 Å². The molecule has 7 nitrogen and oxygen atoms in total. The number of anilines is 1. The maximum atomic E-state index is 13.5. The Morgan fingerprint density at radius 1 is 1.03 bits per heavy atom. The fraction of sp³-hybridized carbons (Fsp3) is 0.241. The van der Waals surface area contributed by atoms with Crippen LogP contribution in [0.25, 0.3) is 22.6 Å². The van der Waals surface area contributed by atoms with Gasteiger partial charge in [-0.1, -0.05) is 42.5 Å². The summed E-state index contributed by atoms with van der Waals surface area (Å²) in [5, 5.41) is 9.62. The van der Waals surface area contributed by atoms with Gasteiger partial charge in [0.25, 0.3) is 5.91 Å². The number of aromatic nitrogens is 3. The van der Waals surface area contributed by atoms with Gasteiger partial charge < -0.3 is 9.67 Å². The second-order valence-corrected chi connectivity index (χ2v) is 10.0. The van der Waals surface area contributed by atoms with Gasteiger partial charge in [-0.25, -0.2) is 9.97 Å². The number of rotatable bonds is 6. The van der Waals surface area contributed by atoms with Gasteiger partial charge >= 0.3 is 5.97 Å². The molecular formula is C29H26N4O3. The number of carbonyl (C=O) groups excluding carboxylic acids is 1. The van der Waals surface area contributed by atoms with E-state index in [2.05, 4.69) is 9.55 Å². The van der Waals surface area contributed by atoms with Gasteiger partial charge in [0.1, 0.15) is 11.5 Å². The summed E-state index contributed by atoms with van der Waals surface area (Å²) in [6.45, 7) is 3.83. The van der Waals surface area contributed by atoms with Crippen LogP contribution in [0.1, 0.15) is 54.2 Å². The van der Waals surface area contributed by atoms with E-state index < -0.39 is 11.4 Å². The average Bonchev–Trinajstić information content (AvgIpc) is 3.52. The number of hydrogen-bond donors (Lipinski definition) is 1. The minimum absolute atomic E-state index is 0.0935. The van der Waals surface area contributed by atoms with Crippen molar-refractivity contribution in [1.29, 1.82) is 0 Å². The first-order chi connectivity index (χ1) is 17.3. The van der Waals surface area contributed by atoms with Crippen LogP contribution in [0.2, 0.25) is 0 Å². The number of imidazole rings is 1. The van der Waals surface area contributed by atoms with E-state index >= 15 is 0 Å². The highest BCUT2D eigenvalue weighted by Crippen LogP contribution is 2.38. The number of pyridine rings is 1. The second kappa shape index (κ2) is 8.16. The highest BCUT2D eigenvalue weighted by Gasteiger charge is 2.32. The molecule has 180 valence electrons. The number of aliphatic carboxylic acids is 1. The molecule has 4 aromatic rings. The predicted molar refractivity (Wildman–Crippen MR) is 137 cm³/mol. The standard InChI is InChI=1S/C29H26N4O3/c1-29(2,28(35)36)21-6-3-5-18(15-21)19-9-10-20-17-33(27(34)23(20)16-19)25-8-4-7-24(31-25)26-30-13-14-32(26)22-11-12-22/h3-10,13-16,22H,11-12,17H2,1-2H3,(H,35,36). The van der Waals surface area contributed by atoms with Gasteiger partial charge in [0.2, 0.25) is 0 Å². The summed E-state index contributed by atoms with van der Waals surface area (Å²) in [6.07, 6.45) is 6.10. The molecule has 1 amide bonds. The lowest BCUT2D eigenvalue weighted by molar-refractivity contribution is -0.142. The SMILES string of the molecule is CC(C)(C(=O)O)c1cccc(-c2ccc3c(c2)C(=O)N(c2cccc(-c4nccn4C4CC4)n2)C3)c1. The van der Waals surface area contributed by atoms with Crippen molar-refractivity contribution in [2.75, 3.05) is 4.90 Å². The van der Waals surface area contributed by atoms with E-state index in [1.165, 1.54) is 0 Å². The average molecular weight is 479 g/mol. The van der Waals surface area contributed by atoms with Crippen LogP contribution in [-0.4, -0.2) is 31.5 Å². The highest BCUT2D eigenvalue weighted by molar-refractivity contribution is 6.10. The normalized spacial score (nSPS) is 15.3. The van der Waals surface area contributed by atoms with E-state index in [-0.39, 0.29) is 5.91 Å². The molecule has 2 aliphatic rings. The smallest absolute Gasteiger partial charge is 0.313 e. The summed E-state index contributed by atoms with van der Waals surface area (Å²) in [5.41, 5.74) is 3.80. The predicted octanol–water partition coefficient (Wildman–Crippen LogP) is 5.47. The van der Waals surface area contributed by atoms with Crippen LogP contribution in [0.3, 0.4) is 0 Å². The van der Waals surface area contributed by atoms with Gasteiger partial charge in [-0.2, -0.15) is 0 Å². The molecule has 1 N–H and O–H groups in total. The van der Waals surface area contributed by atoms with Crippen LogP contribution in [0, 0.1) is 0 Å². The zero-order chi connectivity index (χ0) is 25.0. The molecular weight excluding hydrogens is 452 g/mol. The van der Waals surface area contributed by atoms with Crippen molar-refractivity contribution in [3.63, 3.8) is 0 Å². The Bertz CT molecular complexity index is 1520. The lowest BCUT2D eigenvalue weighted by Crippen LogP contribution is -2.28. The Kier molecular flexibility index (Phi) is 5.03. The summed E-state index contributed by atoms with van der Waals surface area (Å²) in [7, 11) is 0. The third-order valence-corrected chi connectivity index (χ3v) is 7.22. The van der Waals surface area contributed by atoms with Crippen LogP contribution in [0.15, 0.2) is 73.1 Å². The van der Waals surface area contributed by atoms with Gasteiger partial charge in [-0.15, -0.1) is 0 Å². The van der Waals surface area contributed by atoms with E-state index in [4.69, 9.17) is 4.98 Å². The molecule has 0 atom stereocenters. The summed E-state index contributed by atoms with van der Waals surface area (Å²) in [4.78, 5) is 36.2. The van der Waals surface area contributed by atoms with Crippen molar-refractivity contribution in [3.8, 4) is 22.6 Å². The molecule has 2 aromatic heterocycles. The third kappa shape index (κ3) is 3.68. The zero-order valence-corrected chi connectivity index (χ0v) is 20.2. The van der Waals surface area contributed by atoms with Crippen LogP contribution in [0.4, 0.5) is 5.82 Å². The lowest BCUT2D eigenvalue weighted by Gasteiger charge is -2.20. The van der Waals surface area contributed by atoms with Crippen molar-refractivity contribution in [3.05, 3.63) is 89.7 Å². The number of carbonyl (C=O) groups is 2. The molecule has 36 heavy (non-hydrogen) atoms. The quantitative estimate of drug-likeness (QED) is 0.397. The van der Waals surface area contributed by atoms with E-state index in [1.54, 1.807) is 24.9 Å². The van der Waals surface area contributed by atoms with Crippen molar-refractivity contribution in [2.45, 2.75) is 44.7 Å². The molecule has 1 aliphatic carbocycles.